The molecule has 3 aromatic rings. The summed E-state index contributed by atoms with van der Waals surface area (Å²) in [6, 6.07) is 14.9. The second kappa shape index (κ2) is 9.24. The molecule has 7 heteroatoms. The Balaban J connectivity index is 1.81. The van der Waals surface area contributed by atoms with Gasteiger partial charge in [-0.1, -0.05) is 18.2 Å². The van der Waals surface area contributed by atoms with Gasteiger partial charge in [0.25, 0.3) is 11.7 Å². The monoisotopic (exact) mass is 446 g/mol. The topological polar surface area (TPSA) is 79.7 Å². The Morgan fingerprint density at radius 3 is 2.39 bits per heavy atom. The van der Waals surface area contributed by atoms with Crippen LogP contribution in [0, 0.1) is 5.82 Å². The van der Waals surface area contributed by atoms with Gasteiger partial charge in [0.2, 0.25) is 0 Å². The van der Waals surface area contributed by atoms with Gasteiger partial charge in [0.15, 0.2) is 0 Å². The number of benzene rings is 2. The summed E-state index contributed by atoms with van der Waals surface area (Å²) in [5.41, 5.74) is 1.58. The molecular formula is C26H23FN2O4. The van der Waals surface area contributed by atoms with Crippen LogP contribution in [-0.4, -0.2) is 32.8 Å². The average Bonchev–Trinajstić information content (AvgIpc) is 3.05. The van der Waals surface area contributed by atoms with Crippen LogP contribution in [0.5, 0.6) is 5.75 Å². The fraction of sp³-hybridized carbons (Fsp3) is 0.192. The third kappa shape index (κ3) is 4.62. The molecule has 1 aliphatic rings. The fourth-order valence-corrected chi connectivity index (χ4v) is 3.84. The zero-order valence-electron chi connectivity index (χ0n) is 18.2. The first-order chi connectivity index (χ1) is 15.8. The number of likely N-dealkylation sites (tertiary alicyclic amines) is 1. The molecular weight excluding hydrogens is 423 g/mol. The van der Waals surface area contributed by atoms with Crippen molar-refractivity contribution in [2.75, 3.05) is 0 Å². The molecule has 1 aromatic heterocycles. The van der Waals surface area contributed by atoms with E-state index in [1.807, 2.05) is 19.9 Å². The second-order valence-electron chi connectivity index (χ2n) is 8.03. The van der Waals surface area contributed by atoms with E-state index in [0.29, 0.717) is 11.3 Å². The van der Waals surface area contributed by atoms with Gasteiger partial charge in [0.1, 0.15) is 17.3 Å². The average molecular weight is 446 g/mol. The first-order valence-electron chi connectivity index (χ1n) is 10.5. The van der Waals surface area contributed by atoms with Crippen molar-refractivity contribution in [2.24, 2.45) is 0 Å². The van der Waals surface area contributed by atoms with Gasteiger partial charge in [-0.3, -0.25) is 14.6 Å². The summed E-state index contributed by atoms with van der Waals surface area (Å²) in [5, 5.41) is 11.0. The van der Waals surface area contributed by atoms with E-state index in [1.54, 1.807) is 42.7 Å². The zero-order valence-corrected chi connectivity index (χ0v) is 18.2. The van der Waals surface area contributed by atoms with Gasteiger partial charge >= 0.3 is 0 Å². The van der Waals surface area contributed by atoms with Crippen molar-refractivity contribution >= 4 is 17.4 Å². The molecule has 1 N–H and O–H groups in total. The number of rotatable bonds is 6. The molecule has 0 spiro atoms. The number of ether oxygens (including phenoxy) is 1. The van der Waals surface area contributed by atoms with Crippen molar-refractivity contribution in [1.82, 2.24) is 9.88 Å². The molecule has 2 aromatic carbocycles. The highest BCUT2D eigenvalue weighted by Gasteiger charge is 2.46. The molecule has 1 atom stereocenters. The number of hydrogen-bond donors (Lipinski definition) is 1. The minimum Gasteiger partial charge on any atom is -0.507 e. The first kappa shape index (κ1) is 22.2. The van der Waals surface area contributed by atoms with Crippen molar-refractivity contribution in [3.8, 4) is 5.75 Å². The van der Waals surface area contributed by atoms with Gasteiger partial charge in [-0.25, -0.2) is 4.39 Å². The lowest BCUT2D eigenvalue weighted by Gasteiger charge is -2.25. The van der Waals surface area contributed by atoms with E-state index in [0.717, 1.165) is 5.56 Å². The molecule has 1 aliphatic heterocycles. The van der Waals surface area contributed by atoms with Crippen LogP contribution in [0.15, 0.2) is 78.6 Å². The summed E-state index contributed by atoms with van der Waals surface area (Å²) in [6.07, 6.45) is 3.23. The largest absolute Gasteiger partial charge is 0.507 e. The first-order valence-corrected chi connectivity index (χ1v) is 10.5. The van der Waals surface area contributed by atoms with Crippen molar-refractivity contribution in [1.29, 1.82) is 0 Å². The lowest BCUT2D eigenvalue weighted by molar-refractivity contribution is -0.140. The van der Waals surface area contributed by atoms with Gasteiger partial charge in [-0.05, 0) is 67.4 Å². The van der Waals surface area contributed by atoms with Crippen molar-refractivity contribution in [2.45, 2.75) is 32.5 Å². The Hall–Kier alpha value is -4.00. The Morgan fingerprint density at radius 1 is 1.09 bits per heavy atom. The lowest BCUT2D eigenvalue weighted by Crippen LogP contribution is -2.29. The molecule has 6 nitrogen and oxygen atoms in total. The molecule has 0 unspecified atom stereocenters. The van der Waals surface area contributed by atoms with Crippen molar-refractivity contribution in [3.63, 3.8) is 0 Å². The van der Waals surface area contributed by atoms with E-state index >= 15 is 0 Å². The maximum atomic E-state index is 13.4. The van der Waals surface area contributed by atoms with Crippen molar-refractivity contribution in [3.05, 3.63) is 101 Å². The number of hydrogen-bond acceptors (Lipinski definition) is 5. The Bertz CT molecular complexity index is 1190. The van der Waals surface area contributed by atoms with E-state index in [9.17, 15) is 19.1 Å². The summed E-state index contributed by atoms with van der Waals surface area (Å²) in [7, 11) is 0. The van der Waals surface area contributed by atoms with Crippen LogP contribution < -0.4 is 4.74 Å². The SMILES string of the molecule is CC(C)Oc1ccc([C@@H]2/C(=C(\O)c3ccc(F)cc3)C(=O)C(=O)N2Cc2cccnc2)cc1. The van der Waals surface area contributed by atoms with Crippen LogP contribution in [0.2, 0.25) is 0 Å². The molecule has 0 aliphatic carbocycles. The molecule has 1 amide bonds. The van der Waals surface area contributed by atoms with Gasteiger partial charge in [0, 0.05) is 24.5 Å². The molecule has 0 saturated carbocycles. The Kier molecular flexibility index (Phi) is 6.22. The van der Waals surface area contributed by atoms with Crippen LogP contribution >= 0.6 is 0 Å². The summed E-state index contributed by atoms with van der Waals surface area (Å²) in [6.45, 7) is 3.96. The van der Waals surface area contributed by atoms with Crippen LogP contribution in [0.4, 0.5) is 4.39 Å². The van der Waals surface area contributed by atoms with Crippen LogP contribution in [0.3, 0.4) is 0 Å². The van der Waals surface area contributed by atoms with E-state index in [4.69, 9.17) is 4.74 Å². The third-order valence-electron chi connectivity index (χ3n) is 5.30. The minimum atomic E-state index is -0.830. The highest BCUT2D eigenvalue weighted by molar-refractivity contribution is 6.46. The summed E-state index contributed by atoms with van der Waals surface area (Å²) >= 11 is 0. The number of Topliss-reactive ketones (excluding diaryl/α,β-unsaturated/α-hetero) is 1. The number of aliphatic hydroxyl groups excluding tert-OH is 1. The summed E-state index contributed by atoms with van der Waals surface area (Å²) in [5.74, 6) is -1.70. The van der Waals surface area contributed by atoms with Crippen LogP contribution in [0.1, 0.15) is 36.6 Å². The highest BCUT2D eigenvalue weighted by Crippen LogP contribution is 2.40. The number of aliphatic hydroxyl groups is 1. The maximum absolute atomic E-state index is 13.4. The van der Waals surface area contributed by atoms with E-state index in [-0.39, 0.29) is 29.5 Å². The maximum Gasteiger partial charge on any atom is 0.295 e. The van der Waals surface area contributed by atoms with E-state index in [2.05, 4.69) is 4.98 Å². The molecule has 2 heterocycles. The third-order valence-corrected chi connectivity index (χ3v) is 5.30. The zero-order chi connectivity index (χ0) is 23.5. The predicted octanol–water partition coefficient (Wildman–Crippen LogP) is 4.63. The number of aromatic nitrogens is 1. The van der Waals surface area contributed by atoms with Gasteiger partial charge in [-0.2, -0.15) is 0 Å². The molecule has 168 valence electrons. The number of pyridine rings is 1. The number of nitrogens with zero attached hydrogens (tertiary/aromatic N) is 2. The number of carbonyl (C=O) groups is 2. The lowest BCUT2D eigenvalue weighted by atomic mass is 9.95. The summed E-state index contributed by atoms with van der Waals surface area (Å²) in [4.78, 5) is 31.6. The predicted molar refractivity (Wildman–Crippen MR) is 121 cm³/mol. The highest BCUT2D eigenvalue weighted by atomic mass is 19.1. The smallest absolute Gasteiger partial charge is 0.295 e. The number of carbonyl (C=O) groups excluding carboxylic acids is 2. The van der Waals surface area contributed by atoms with Gasteiger partial charge < -0.3 is 14.7 Å². The molecule has 1 saturated heterocycles. The number of ketones is 1. The minimum absolute atomic E-state index is 0.00876. The molecule has 33 heavy (non-hydrogen) atoms. The van der Waals surface area contributed by atoms with Crippen molar-refractivity contribution < 1.29 is 23.8 Å². The number of halogens is 1. The molecule has 1 fully saturated rings. The standard InChI is InChI=1S/C26H23FN2O4/c1-16(2)33-21-11-7-18(8-12-21)23-22(24(30)19-5-9-20(27)10-6-19)25(31)26(32)29(23)15-17-4-3-13-28-14-17/h3-14,16,23,30H,15H2,1-2H3/b24-22+/t23-/m1/s1. The Morgan fingerprint density at radius 2 is 1.79 bits per heavy atom. The molecule has 0 radical (unpaired) electrons. The van der Waals surface area contributed by atoms with Gasteiger partial charge in [-0.15, -0.1) is 0 Å². The normalized spacial score (nSPS) is 17.6. The Labute approximate surface area is 191 Å². The second-order valence-corrected chi connectivity index (χ2v) is 8.03. The summed E-state index contributed by atoms with van der Waals surface area (Å²) < 4.78 is 19.1. The number of amides is 1. The quantitative estimate of drug-likeness (QED) is 0.339. The van der Waals surface area contributed by atoms with Crippen LogP contribution in [-0.2, 0) is 16.1 Å². The van der Waals surface area contributed by atoms with E-state index < -0.39 is 23.5 Å². The molecule has 4 rings (SSSR count). The van der Waals surface area contributed by atoms with Gasteiger partial charge in [0.05, 0.1) is 17.7 Å². The van der Waals surface area contributed by atoms with Crippen LogP contribution in [0.25, 0.3) is 5.76 Å². The van der Waals surface area contributed by atoms with E-state index in [1.165, 1.54) is 29.2 Å². The fourth-order valence-electron chi connectivity index (χ4n) is 3.84. The molecule has 0 bridgehead atoms.